The van der Waals surface area contributed by atoms with Crippen LogP contribution < -0.4 is 33.8 Å². The number of benzene rings is 3. The Labute approximate surface area is 288 Å². The van der Waals surface area contributed by atoms with Crippen molar-refractivity contribution < 1.29 is 28.5 Å². The van der Waals surface area contributed by atoms with Gasteiger partial charge in [-0.1, -0.05) is 58.8 Å². The summed E-state index contributed by atoms with van der Waals surface area (Å²) in [5, 5.41) is 0.349. The zero-order valence-corrected chi connectivity index (χ0v) is 29.7. The molecule has 0 radical (unpaired) electrons. The number of nitrogens with zero attached hydrogens (tertiary/aromatic N) is 2. The second-order valence-corrected chi connectivity index (χ2v) is 12.8. The zero-order chi connectivity index (χ0) is 34.5. The second-order valence-electron chi connectivity index (χ2n) is 11.4. The van der Waals surface area contributed by atoms with Crippen molar-refractivity contribution in [1.82, 2.24) is 4.57 Å². The van der Waals surface area contributed by atoms with Gasteiger partial charge in [0.05, 0.1) is 53.3 Å². The molecule has 11 heteroatoms. The average Bonchev–Trinajstić information content (AvgIpc) is 3.33. The van der Waals surface area contributed by atoms with Gasteiger partial charge in [-0.15, -0.1) is 0 Å². The number of thiazole rings is 1. The van der Waals surface area contributed by atoms with Crippen LogP contribution in [0.3, 0.4) is 0 Å². The Morgan fingerprint density at radius 1 is 1.02 bits per heavy atom. The first kappa shape index (κ1) is 34.8. The molecule has 1 aliphatic rings. The van der Waals surface area contributed by atoms with E-state index < -0.39 is 12.0 Å². The number of hydrogen-bond donors (Lipinski definition) is 0. The van der Waals surface area contributed by atoms with Crippen molar-refractivity contribution in [1.29, 1.82) is 0 Å². The predicted molar refractivity (Wildman–Crippen MR) is 187 cm³/mol. The van der Waals surface area contributed by atoms with Crippen molar-refractivity contribution in [2.75, 3.05) is 20.3 Å². The number of esters is 1. The van der Waals surface area contributed by atoms with E-state index in [4.69, 9.17) is 35.3 Å². The molecule has 0 saturated heterocycles. The normalized spacial score (nSPS) is 14.4. The van der Waals surface area contributed by atoms with Gasteiger partial charge in [0.2, 0.25) is 0 Å². The summed E-state index contributed by atoms with van der Waals surface area (Å²) >= 11 is 7.97. The summed E-state index contributed by atoms with van der Waals surface area (Å²) in [7, 11) is 1.55. The maximum absolute atomic E-state index is 14.2. The number of fused-ring (bicyclic) bond motifs is 1. The Morgan fingerprint density at radius 2 is 1.81 bits per heavy atom. The molecule has 0 bridgehead atoms. The van der Waals surface area contributed by atoms with E-state index in [1.54, 1.807) is 51.3 Å². The molecule has 0 unspecified atom stereocenters. The first-order chi connectivity index (χ1) is 23.0. The Kier molecular flexibility index (Phi) is 11.0. The number of rotatable bonds is 12. The monoisotopic (exact) mass is 690 g/mol. The van der Waals surface area contributed by atoms with Gasteiger partial charge in [-0.3, -0.25) is 9.36 Å². The van der Waals surface area contributed by atoms with E-state index in [0.29, 0.717) is 67.4 Å². The summed E-state index contributed by atoms with van der Waals surface area (Å²) in [5.74, 6) is 1.37. The molecule has 0 N–H and O–H groups in total. The van der Waals surface area contributed by atoms with Crippen molar-refractivity contribution in [3.63, 3.8) is 0 Å². The van der Waals surface area contributed by atoms with Crippen LogP contribution in [-0.2, 0) is 16.1 Å². The molecule has 48 heavy (non-hydrogen) atoms. The third kappa shape index (κ3) is 7.45. The average molecular weight is 691 g/mol. The van der Waals surface area contributed by atoms with Gasteiger partial charge in [0.15, 0.2) is 27.8 Å². The van der Waals surface area contributed by atoms with Crippen LogP contribution in [0.2, 0.25) is 5.02 Å². The predicted octanol–water partition coefficient (Wildman–Crippen LogP) is 6.53. The smallest absolute Gasteiger partial charge is 0.338 e. The van der Waals surface area contributed by atoms with Crippen molar-refractivity contribution >= 4 is 35.0 Å². The first-order valence-corrected chi connectivity index (χ1v) is 16.9. The van der Waals surface area contributed by atoms with Gasteiger partial charge in [-0.05, 0) is 88.6 Å². The molecule has 0 amide bonds. The number of ether oxygens (including phenoxy) is 5. The fourth-order valence-electron chi connectivity index (χ4n) is 5.50. The molecule has 0 fully saturated rings. The standard InChI is InChI=1S/C37H39ClN2O7S/c1-8-44-30-17-25(16-27(38)34(30)46-20-24-12-10-11-22(5)15-24)18-31-35(41)40-33(26-13-14-28(47-21(3)4)29(19-26)43-7)32(36(42)45-9-2)23(6)39-37(40)48-31/h10-19,21,33H,8-9,20H2,1-7H3/b31-18-/t33-/m0/s1. The third-order valence-corrected chi connectivity index (χ3v) is 8.74. The molecular weight excluding hydrogens is 652 g/mol. The largest absolute Gasteiger partial charge is 0.493 e. The Balaban J connectivity index is 1.61. The lowest BCUT2D eigenvalue weighted by Crippen LogP contribution is -2.40. The van der Waals surface area contributed by atoms with E-state index in [1.165, 1.54) is 15.9 Å². The fraction of sp³-hybridized carbons (Fsp3) is 0.324. The maximum atomic E-state index is 14.2. The van der Waals surface area contributed by atoms with E-state index in [2.05, 4.69) is 11.1 Å². The van der Waals surface area contributed by atoms with Crippen LogP contribution in [0.1, 0.15) is 62.9 Å². The topological polar surface area (TPSA) is 97.6 Å². The van der Waals surface area contributed by atoms with Crippen LogP contribution >= 0.6 is 22.9 Å². The molecule has 252 valence electrons. The highest BCUT2D eigenvalue weighted by Crippen LogP contribution is 2.38. The highest BCUT2D eigenvalue weighted by molar-refractivity contribution is 7.07. The summed E-state index contributed by atoms with van der Waals surface area (Å²) in [4.78, 5) is 32.7. The third-order valence-electron chi connectivity index (χ3n) is 7.48. The van der Waals surface area contributed by atoms with Gasteiger partial charge in [0.1, 0.15) is 6.61 Å². The molecule has 1 aromatic heterocycles. The number of carbonyl (C=O) groups excluding carboxylic acids is 1. The Bertz CT molecular complexity index is 2050. The minimum Gasteiger partial charge on any atom is -0.493 e. The minimum atomic E-state index is -0.815. The van der Waals surface area contributed by atoms with Gasteiger partial charge in [0, 0.05) is 0 Å². The number of carbonyl (C=O) groups is 1. The van der Waals surface area contributed by atoms with Crippen LogP contribution in [0.15, 0.2) is 75.7 Å². The molecule has 2 heterocycles. The number of halogens is 1. The zero-order valence-electron chi connectivity index (χ0n) is 28.1. The number of allylic oxidation sites excluding steroid dienone is 1. The molecule has 0 aliphatic carbocycles. The Hall–Kier alpha value is -4.54. The van der Waals surface area contributed by atoms with Crippen molar-refractivity contribution in [3.05, 3.63) is 113 Å². The molecule has 0 saturated carbocycles. The van der Waals surface area contributed by atoms with E-state index >= 15 is 0 Å². The quantitative estimate of drug-likeness (QED) is 0.156. The van der Waals surface area contributed by atoms with Crippen LogP contribution in [-0.4, -0.2) is 37.0 Å². The summed E-state index contributed by atoms with van der Waals surface area (Å²) in [6.45, 7) is 12.1. The van der Waals surface area contributed by atoms with Crippen molar-refractivity contribution in [3.8, 4) is 23.0 Å². The highest BCUT2D eigenvalue weighted by atomic mass is 35.5. The van der Waals surface area contributed by atoms with E-state index in [-0.39, 0.29) is 23.8 Å². The van der Waals surface area contributed by atoms with Crippen LogP contribution in [0.25, 0.3) is 6.08 Å². The SMILES string of the molecule is CCOC(=O)C1=C(C)N=c2s/c(=C\c3cc(Cl)c(OCc4cccc(C)c4)c(OCC)c3)c(=O)n2[C@H]1c1ccc(OC(C)C)c(OC)c1. The van der Waals surface area contributed by atoms with Crippen LogP contribution in [0.4, 0.5) is 0 Å². The molecule has 1 atom stereocenters. The summed E-state index contributed by atoms with van der Waals surface area (Å²) in [5.41, 5.74) is 3.83. The molecule has 9 nitrogen and oxygen atoms in total. The lowest BCUT2D eigenvalue weighted by Gasteiger charge is -2.25. The van der Waals surface area contributed by atoms with Crippen LogP contribution in [0, 0.1) is 6.92 Å². The molecule has 0 spiro atoms. The summed E-state index contributed by atoms with van der Waals surface area (Å²) in [6.07, 6.45) is 1.66. The van der Waals surface area contributed by atoms with Gasteiger partial charge < -0.3 is 23.7 Å². The van der Waals surface area contributed by atoms with Crippen molar-refractivity contribution in [2.24, 2.45) is 4.99 Å². The van der Waals surface area contributed by atoms with Crippen LogP contribution in [0.5, 0.6) is 23.0 Å². The number of aromatic nitrogens is 1. The molecular formula is C37H39ClN2O7S. The molecule has 4 aromatic rings. The van der Waals surface area contributed by atoms with Gasteiger partial charge in [0.25, 0.3) is 5.56 Å². The van der Waals surface area contributed by atoms with E-state index in [0.717, 1.165) is 11.1 Å². The summed E-state index contributed by atoms with van der Waals surface area (Å²) in [6, 6.07) is 16.1. The van der Waals surface area contributed by atoms with Crippen molar-refractivity contribution in [2.45, 2.75) is 60.3 Å². The first-order valence-electron chi connectivity index (χ1n) is 15.7. The summed E-state index contributed by atoms with van der Waals surface area (Å²) < 4.78 is 31.0. The maximum Gasteiger partial charge on any atom is 0.338 e. The fourth-order valence-corrected chi connectivity index (χ4v) is 6.82. The number of aryl methyl sites for hydroxylation is 1. The lowest BCUT2D eigenvalue weighted by atomic mass is 9.95. The van der Waals surface area contributed by atoms with E-state index in [1.807, 2.05) is 52.0 Å². The van der Waals surface area contributed by atoms with Gasteiger partial charge in [-0.2, -0.15) is 0 Å². The minimum absolute atomic E-state index is 0.0786. The Morgan fingerprint density at radius 3 is 2.50 bits per heavy atom. The number of methoxy groups -OCH3 is 1. The van der Waals surface area contributed by atoms with Gasteiger partial charge >= 0.3 is 5.97 Å². The molecule has 1 aliphatic heterocycles. The molecule has 5 rings (SSSR count). The highest BCUT2D eigenvalue weighted by Gasteiger charge is 2.34. The van der Waals surface area contributed by atoms with Gasteiger partial charge in [-0.25, -0.2) is 9.79 Å². The van der Waals surface area contributed by atoms with E-state index in [9.17, 15) is 9.59 Å². The lowest BCUT2D eigenvalue weighted by molar-refractivity contribution is -0.139. The number of hydrogen-bond acceptors (Lipinski definition) is 9. The second kappa shape index (κ2) is 15.1. The molecule has 3 aromatic carbocycles.